The van der Waals surface area contributed by atoms with E-state index in [9.17, 15) is 9.18 Å². The molecular weight excluding hydrogens is 247 g/mol. The molecule has 0 atom stereocenters. The first-order valence-corrected chi connectivity index (χ1v) is 5.62. The summed E-state index contributed by atoms with van der Waals surface area (Å²) in [4.78, 5) is 17.9. The maximum Gasteiger partial charge on any atom is 0.335 e. The van der Waals surface area contributed by atoms with E-state index in [1.165, 1.54) is 24.4 Å². The summed E-state index contributed by atoms with van der Waals surface area (Å²) in [5, 5.41) is 9.64. The number of aromatic nitrogens is 2. The van der Waals surface area contributed by atoms with Crippen LogP contribution in [0.15, 0.2) is 42.7 Å². The van der Waals surface area contributed by atoms with Crippen molar-refractivity contribution in [2.75, 3.05) is 0 Å². The molecule has 0 spiro atoms. The van der Waals surface area contributed by atoms with Crippen LogP contribution >= 0.6 is 0 Å². The zero-order valence-corrected chi connectivity index (χ0v) is 9.72. The van der Waals surface area contributed by atoms with Crippen molar-refractivity contribution in [1.29, 1.82) is 0 Å². The van der Waals surface area contributed by atoms with Gasteiger partial charge in [0.05, 0.1) is 16.8 Å². The van der Waals surface area contributed by atoms with Gasteiger partial charge in [-0.1, -0.05) is 12.1 Å². The summed E-state index contributed by atoms with van der Waals surface area (Å²) < 4.78 is 13.6. The fourth-order valence-electron chi connectivity index (χ4n) is 2.04. The maximum absolute atomic E-state index is 13.6. The number of aromatic carboxylic acids is 1. The van der Waals surface area contributed by atoms with Gasteiger partial charge in [-0.2, -0.15) is 0 Å². The third kappa shape index (κ3) is 1.85. The lowest BCUT2D eigenvalue weighted by atomic mass is 10.1. The average Bonchev–Trinajstić information content (AvgIpc) is 2.84. The Labute approximate surface area is 107 Å². The standard InChI is InChI=1S/C14H9FN2O2/c15-11-3-1-2-9-10(7-17-13(9)11)12-6-8(14(18)19)4-5-16-12/h1-7,17H,(H,18,19). The van der Waals surface area contributed by atoms with E-state index in [1.54, 1.807) is 18.3 Å². The van der Waals surface area contributed by atoms with E-state index in [-0.39, 0.29) is 11.4 Å². The van der Waals surface area contributed by atoms with Gasteiger partial charge in [-0.05, 0) is 18.2 Å². The highest BCUT2D eigenvalue weighted by Crippen LogP contribution is 2.28. The van der Waals surface area contributed by atoms with Crippen LogP contribution in [0.25, 0.3) is 22.2 Å². The van der Waals surface area contributed by atoms with Gasteiger partial charge in [0, 0.05) is 23.3 Å². The third-order valence-electron chi connectivity index (χ3n) is 2.95. The van der Waals surface area contributed by atoms with E-state index in [1.807, 2.05) is 0 Å². The molecular formula is C14H9FN2O2. The van der Waals surface area contributed by atoms with Crippen LogP contribution in [0.4, 0.5) is 4.39 Å². The number of fused-ring (bicyclic) bond motifs is 1. The second-order valence-electron chi connectivity index (χ2n) is 4.10. The number of rotatable bonds is 2. The molecule has 0 radical (unpaired) electrons. The minimum absolute atomic E-state index is 0.149. The first-order valence-electron chi connectivity index (χ1n) is 5.62. The Kier molecular flexibility index (Phi) is 2.52. The van der Waals surface area contributed by atoms with Crippen LogP contribution in [0, 0.1) is 5.82 Å². The Hall–Kier alpha value is -2.69. The Balaban J connectivity index is 2.22. The molecule has 0 aliphatic carbocycles. The largest absolute Gasteiger partial charge is 0.478 e. The number of halogens is 1. The van der Waals surface area contributed by atoms with Gasteiger partial charge in [0.2, 0.25) is 0 Å². The molecule has 1 aromatic carbocycles. The molecule has 0 fully saturated rings. The Bertz CT molecular complexity index is 780. The predicted octanol–water partition coefficient (Wildman–Crippen LogP) is 3.07. The van der Waals surface area contributed by atoms with Gasteiger partial charge in [0.1, 0.15) is 5.82 Å². The maximum atomic E-state index is 13.6. The molecule has 0 saturated heterocycles. The highest BCUT2D eigenvalue weighted by atomic mass is 19.1. The van der Waals surface area contributed by atoms with Crippen molar-refractivity contribution in [2.24, 2.45) is 0 Å². The molecule has 2 N–H and O–H groups in total. The predicted molar refractivity (Wildman–Crippen MR) is 68.4 cm³/mol. The van der Waals surface area contributed by atoms with Gasteiger partial charge in [-0.25, -0.2) is 9.18 Å². The molecule has 0 aliphatic heterocycles. The molecule has 5 heteroatoms. The molecule has 3 rings (SSSR count). The van der Waals surface area contributed by atoms with E-state index >= 15 is 0 Å². The van der Waals surface area contributed by atoms with Gasteiger partial charge in [-0.15, -0.1) is 0 Å². The number of benzene rings is 1. The van der Waals surface area contributed by atoms with Crippen molar-refractivity contribution in [2.45, 2.75) is 0 Å². The van der Waals surface area contributed by atoms with Crippen LogP contribution in [0.3, 0.4) is 0 Å². The second-order valence-corrected chi connectivity index (χ2v) is 4.10. The lowest BCUT2D eigenvalue weighted by Gasteiger charge is -2.00. The molecule has 0 unspecified atom stereocenters. The number of H-pyrrole nitrogens is 1. The van der Waals surface area contributed by atoms with Crippen LogP contribution in [0.5, 0.6) is 0 Å². The quantitative estimate of drug-likeness (QED) is 0.740. The smallest absolute Gasteiger partial charge is 0.335 e. The van der Waals surface area contributed by atoms with Crippen molar-refractivity contribution in [3.8, 4) is 11.3 Å². The molecule has 0 bridgehead atoms. The van der Waals surface area contributed by atoms with Crippen LogP contribution in [0.2, 0.25) is 0 Å². The number of nitrogens with zero attached hydrogens (tertiary/aromatic N) is 1. The van der Waals surface area contributed by atoms with Gasteiger partial charge in [-0.3, -0.25) is 4.98 Å². The summed E-state index contributed by atoms with van der Waals surface area (Å²) in [5.74, 6) is -1.37. The fraction of sp³-hybridized carbons (Fsp3) is 0. The minimum atomic E-state index is -1.02. The first kappa shape index (κ1) is 11.4. The topological polar surface area (TPSA) is 66.0 Å². The summed E-state index contributed by atoms with van der Waals surface area (Å²) in [7, 11) is 0. The number of hydrogen-bond donors (Lipinski definition) is 2. The van der Waals surface area contributed by atoms with Gasteiger partial charge in [0.25, 0.3) is 0 Å². The Morgan fingerprint density at radius 1 is 1.32 bits per heavy atom. The summed E-state index contributed by atoms with van der Waals surface area (Å²) >= 11 is 0. The second kappa shape index (κ2) is 4.20. The summed E-state index contributed by atoms with van der Waals surface area (Å²) in [6.07, 6.45) is 3.05. The van der Waals surface area contributed by atoms with Crippen molar-refractivity contribution in [3.63, 3.8) is 0 Å². The molecule has 4 nitrogen and oxygen atoms in total. The van der Waals surface area contributed by atoms with Gasteiger partial charge in [0.15, 0.2) is 0 Å². The van der Waals surface area contributed by atoms with Crippen molar-refractivity contribution < 1.29 is 14.3 Å². The Morgan fingerprint density at radius 3 is 2.95 bits per heavy atom. The van der Waals surface area contributed by atoms with E-state index in [0.29, 0.717) is 22.2 Å². The highest BCUT2D eigenvalue weighted by molar-refractivity contribution is 5.96. The minimum Gasteiger partial charge on any atom is -0.478 e. The number of carboxylic acids is 1. The fourth-order valence-corrected chi connectivity index (χ4v) is 2.04. The lowest BCUT2D eigenvalue weighted by molar-refractivity contribution is 0.0697. The lowest BCUT2D eigenvalue weighted by Crippen LogP contribution is -1.97. The summed E-state index contributed by atoms with van der Waals surface area (Å²) in [6, 6.07) is 7.62. The van der Waals surface area contributed by atoms with Crippen LogP contribution in [0.1, 0.15) is 10.4 Å². The molecule has 19 heavy (non-hydrogen) atoms. The Morgan fingerprint density at radius 2 is 2.16 bits per heavy atom. The first-order chi connectivity index (χ1) is 9.16. The summed E-state index contributed by atoms with van der Waals surface area (Å²) in [5.41, 5.74) is 1.71. The van der Waals surface area contributed by atoms with Gasteiger partial charge < -0.3 is 10.1 Å². The monoisotopic (exact) mass is 256 g/mol. The number of hydrogen-bond acceptors (Lipinski definition) is 2. The number of carboxylic acid groups (broad SMARTS) is 1. The van der Waals surface area contributed by atoms with Crippen molar-refractivity contribution >= 4 is 16.9 Å². The molecule has 2 aromatic heterocycles. The number of para-hydroxylation sites is 1. The SMILES string of the molecule is O=C(O)c1ccnc(-c2c[nH]c3c(F)cccc23)c1. The molecule has 0 aliphatic rings. The normalized spacial score (nSPS) is 10.8. The van der Waals surface area contributed by atoms with E-state index in [4.69, 9.17) is 5.11 Å². The molecule has 94 valence electrons. The highest BCUT2D eigenvalue weighted by Gasteiger charge is 2.11. The zero-order chi connectivity index (χ0) is 13.4. The summed E-state index contributed by atoms with van der Waals surface area (Å²) in [6.45, 7) is 0. The molecule has 2 heterocycles. The van der Waals surface area contributed by atoms with Crippen molar-refractivity contribution in [3.05, 3.63) is 54.1 Å². The van der Waals surface area contributed by atoms with E-state index in [2.05, 4.69) is 9.97 Å². The van der Waals surface area contributed by atoms with Crippen LogP contribution in [-0.4, -0.2) is 21.0 Å². The number of aromatic amines is 1. The van der Waals surface area contributed by atoms with Gasteiger partial charge >= 0.3 is 5.97 Å². The zero-order valence-electron chi connectivity index (χ0n) is 9.72. The van der Waals surface area contributed by atoms with E-state index < -0.39 is 5.97 Å². The third-order valence-corrected chi connectivity index (χ3v) is 2.95. The number of nitrogens with one attached hydrogen (secondary N) is 1. The van der Waals surface area contributed by atoms with E-state index in [0.717, 1.165) is 0 Å². The average molecular weight is 256 g/mol. The van der Waals surface area contributed by atoms with Crippen LogP contribution in [-0.2, 0) is 0 Å². The molecule has 3 aromatic rings. The van der Waals surface area contributed by atoms with Crippen LogP contribution < -0.4 is 0 Å². The number of carbonyl (C=O) groups is 1. The number of pyridine rings is 1. The molecule has 0 amide bonds. The molecule has 0 saturated carbocycles. The van der Waals surface area contributed by atoms with Crippen molar-refractivity contribution in [1.82, 2.24) is 9.97 Å².